The van der Waals surface area contributed by atoms with Gasteiger partial charge < -0.3 is 9.88 Å². The van der Waals surface area contributed by atoms with E-state index in [9.17, 15) is 0 Å². The highest BCUT2D eigenvalue weighted by Gasteiger charge is 2.06. The second-order valence-electron chi connectivity index (χ2n) is 4.01. The minimum absolute atomic E-state index is 0.774. The molecular formula is C13H11BrN4. The van der Waals surface area contributed by atoms with Crippen LogP contribution in [0.3, 0.4) is 0 Å². The van der Waals surface area contributed by atoms with E-state index in [1.807, 2.05) is 41.9 Å². The van der Waals surface area contributed by atoms with Gasteiger partial charge in [0.2, 0.25) is 0 Å². The summed E-state index contributed by atoms with van der Waals surface area (Å²) in [5.74, 6) is 0.774. The van der Waals surface area contributed by atoms with Crippen molar-refractivity contribution in [1.82, 2.24) is 14.5 Å². The third-order valence-electron chi connectivity index (χ3n) is 2.75. The predicted molar refractivity (Wildman–Crippen MR) is 75.9 cm³/mol. The molecule has 0 saturated heterocycles. The van der Waals surface area contributed by atoms with Crippen molar-refractivity contribution in [1.29, 1.82) is 0 Å². The summed E-state index contributed by atoms with van der Waals surface area (Å²) in [4.78, 5) is 8.70. The summed E-state index contributed by atoms with van der Waals surface area (Å²) in [6.07, 6.45) is 3.57. The molecule has 0 aliphatic heterocycles. The fourth-order valence-corrected chi connectivity index (χ4v) is 2.09. The standard InChI is InChI=1S/C13H11BrN4/c1-18-8-16-12-11(18)6-7-15-13(12)17-10-4-2-9(14)3-5-10/h2-8H,1H3,(H,15,17). The van der Waals surface area contributed by atoms with Crippen molar-refractivity contribution >= 4 is 38.5 Å². The highest BCUT2D eigenvalue weighted by atomic mass is 79.9. The van der Waals surface area contributed by atoms with Gasteiger partial charge in [-0.2, -0.15) is 0 Å². The van der Waals surface area contributed by atoms with Gasteiger partial charge in [-0.05, 0) is 30.3 Å². The van der Waals surface area contributed by atoms with Crippen LogP contribution in [-0.2, 0) is 7.05 Å². The molecule has 18 heavy (non-hydrogen) atoms. The monoisotopic (exact) mass is 302 g/mol. The number of nitrogens with one attached hydrogen (secondary N) is 1. The third kappa shape index (κ3) is 1.97. The normalized spacial score (nSPS) is 10.8. The summed E-state index contributed by atoms with van der Waals surface area (Å²) in [5, 5.41) is 3.28. The number of benzene rings is 1. The number of aryl methyl sites for hydroxylation is 1. The molecule has 3 rings (SSSR count). The van der Waals surface area contributed by atoms with E-state index >= 15 is 0 Å². The molecule has 1 N–H and O–H groups in total. The lowest BCUT2D eigenvalue weighted by Gasteiger charge is -2.06. The Balaban J connectivity index is 2.02. The molecule has 0 bridgehead atoms. The van der Waals surface area contributed by atoms with Crippen LogP contribution in [0.5, 0.6) is 0 Å². The molecule has 0 fully saturated rings. The Morgan fingerprint density at radius 2 is 1.89 bits per heavy atom. The van der Waals surface area contributed by atoms with Gasteiger partial charge in [0, 0.05) is 23.4 Å². The SMILES string of the molecule is Cn1cnc2c(Nc3ccc(Br)cc3)nccc21. The highest BCUT2D eigenvalue weighted by Crippen LogP contribution is 2.23. The van der Waals surface area contributed by atoms with Crippen LogP contribution in [0.25, 0.3) is 11.0 Å². The fraction of sp³-hybridized carbons (Fsp3) is 0.0769. The van der Waals surface area contributed by atoms with Gasteiger partial charge in [0.05, 0.1) is 11.8 Å². The van der Waals surface area contributed by atoms with Gasteiger partial charge in [-0.3, -0.25) is 0 Å². The topological polar surface area (TPSA) is 42.7 Å². The zero-order valence-corrected chi connectivity index (χ0v) is 11.3. The number of hydrogen-bond donors (Lipinski definition) is 1. The summed E-state index contributed by atoms with van der Waals surface area (Å²) in [7, 11) is 1.97. The van der Waals surface area contributed by atoms with E-state index in [0.717, 1.165) is 27.0 Å². The number of halogens is 1. The summed E-state index contributed by atoms with van der Waals surface area (Å²) in [6.45, 7) is 0. The third-order valence-corrected chi connectivity index (χ3v) is 3.28. The van der Waals surface area contributed by atoms with Crippen molar-refractivity contribution in [2.24, 2.45) is 7.05 Å². The van der Waals surface area contributed by atoms with Gasteiger partial charge in [-0.15, -0.1) is 0 Å². The summed E-state index contributed by atoms with van der Waals surface area (Å²) in [6, 6.07) is 9.91. The van der Waals surface area contributed by atoms with Crippen molar-refractivity contribution in [3.05, 3.63) is 47.3 Å². The minimum Gasteiger partial charge on any atom is -0.338 e. The Morgan fingerprint density at radius 3 is 2.67 bits per heavy atom. The maximum absolute atomic E-state index is 4.36. The lowest BCUT2D eigenvalue weighted by Crippen LogP contribution is -1.94. The first-order chi connectivity index (χ1) is 8.74. The van der Waals surface area contributed by atoms with E-state index < -0.39 is 0 Å². The Hall–Kier alpha value is -1.88. The van der Waals surface area contributed by atoms with Crippen LogP contribution in [-0.4, -0.2) is 14.5 Å². The average molecular weight is 303 g/mol. The minimum atomic E-state index is 0.774. The number of fused-ring (bicyclic) bond motifs is 1. The second-order valence-corrected chi connectivity index (χ2v) is 4.93. The number of anilines is 2. The molecule has 0 aliphatic carbocycles. The highest BCUT2D eigenvalue weighted by molar-refractivity contribution is 9.10. The Labute approximate surface area is 113 Å². The summed E-state index contributed by atoms with van der Waals surface area (Å²) < 4.78 is 3.03. The molecule has 0 unspecified atom stereocenters. The molecule has 0 spiro atoms. The van der Waals surface area contributed by atoms with Crippen molar-refractivity contribution < 1.29 is 0 Å². The Kier molecular flexibility index (Phi) is 2.76. The molecule has 3 aromatic rings. The number of imidazole rings is 1. The summed E-state index contributed by atoms with van der Waals surface area (Å²) in [5.41, 5.74) is 2.93. The maximum Gasteiger partial charge on any atom is 0.158 e. The van der Waals surface area contributed by atoms with Crippen molar-refractivity contribution in [3.63, 3.8) is 0 Å². The zero-order chi connectivity index (χ0) is 12.5. The van der Waals surface area contributed by atoms with E-state index in [0.29, 0.717) is 0 Å². The van der Waals surface area contributed by atoms with E-state index in [1.165, 1.54) is 0 Å². The molecule has 4 nitrogen and oxygen atoms in total. The largest absolute Gasteiger partial charge is 0.338 e. The van der Waals surface area contributed by atoms with Crippen LogP contribution in [0.15, 0.2) is 47.3 Å². The van der Waals surface area contributed by atoms with E-state index in [1.54, 1.807) is 12.5 Å². The quantitative estimate of drug-likeness (QED) is 0.788. The Bertz CT molecular complexity index is 688. The van der Waals surface area contributed by atoms with Crippen LogP contribution in [0.4, 0.5) is 11.5 Å². The first-order valence-corrected chi connectivity index (χ1v) is 6.32. The lowest BCUT2D eigenvalue weighted by atomic mass is 10.3. The molecule has 0 amide bonds. The molecule has 0 radical (unpaired) electrons. The summed E-state index contributed by atoms with van der Waals surface area (Å²) >= 11 is 3.41. The van der Waals surface area contributed by atoms with Gasteiger partial charge in [0.15, 0.2) is 5.82 Å². The second kappa shape index (κ2) is 4.42. The van der Waals surface area contributed by atoms with Crippen LogP contribution in [0.1, 0.15) is 0 Å². The number of rotatable bonds is 2. The molecule has 0 saturated carbocycles. The molecule has 5 heteroatoms. The Morgan fingerprint density at radius 1 is 1.11 bits per heavy atom. The van der Waals surface area contributed by atoms with Crippen LogP contribution in [0, 0.1) is 0 Å². The fourth-order valence-electron chi connectivity index (χ4n) is 1.82. The molecule has 1 aromatic carbocycles. The van der Waals surface area contributed by atoms with Crippen molar-refractivity contribution in [3.8, 4) is 0 Å². The van der Waals surface area contributed by atoms with Crippen LogP contribution < -0.4 is 5.32 Å². The van der Waals surface area contributed by atoms with Gasteiger partial charge in [0.25, 0.3) is 0 Å². The number of nitrogens with zero attached hydrogens (tertiary/aromatic N) is 3. The van der Waals surface area contributed by atoms with E-state index in [2.05, 4.69) is 31.2 Å². The molecule has 2 aromatic heterocycles. The average Bonchev–Trinajstić information content (AvgIpc) is 2.76. The molecule has 90 valence electrons. The maximum atomic E-state index is 4.36. The number of hydrogen-bond acceptors (Lipinski definition) is 3. The lowest BCUT2D eigenvalue weighted by molar-refractivity contribution is 0.947. The smallest absolute Gasteiger partial charge is 0.158 e. The van der Waals surface area contributed by atoms with Gasteiger partial charge in [-0.25, -0.2) is 9.97 Å². The van der Waals surface area contributed by atoms with Crippen LogP contribution >= 0.6 is 15.9 Å². The predicted octanol–water partition coefficient (Wildman–Crippen LogP) is 3.47. The number of pyridine rings is 1. The van der Waals surface area contributed by atoms with Gasteiger partial charge >= 0.3 is 0 Å². The van der Waals surface area contributed by atoms with E-state index in [-0.39, 0.29) is 0 Å². The van der Waals surface area contributed by atoms with E-state index in [4.69, 9.17) is 0 Å². The first-order valence-electron chi connectivity index (χ1n) is 5.52. The van der Waals surface area contributed by atoms with Gasteiger partial charge in [-0.1, -0.05) is 15.9 Å². The number of aromatic nitrogens is 3. The van der Waals surface area contributed by atoms with Crippen molar-refractivity contribution in [2.45, 2.75) is 0 Å². The molecular weight excluding hydrogens is 292 g/mol. The molecule has 2 heterocycles. The first kappa shape index (κ1) is 11.2. The van der Waals surface area contributed by atoms with Crippen molar-refractivity contribution in [2.75, 3.05) is 5.32 Å². The van der Waals surface area contributed by atoms with Gasteiger partial charge in [0.1, 0.15) is 5.52 Å². The zero-order valence-electron chi connectivity index (χ0n) is 9.76. The molecule has 0 atom stereocenters. The molecule has 0 aliphatic rings. The van der Waals surface area contributed by atoms with Crippen LogP contribution in [0.2, 0.25) is 0 Å².